The number of alkyl halides is 3. The van der Waals surface area contributed by atoms with Gasteiger partial charge >= 0.3 is 6.18 Å². The highest BCUT2D eigenvalue weighted by atomic mass is 19.4. The summed E-state index contributed by atoms with van der Waals surface area (Å²) in [4.78, 5) is 0. The maximum absolute atomic E-state index is 12.5. The van der Waals surface area contributed by atoms with E-state index in [2.05, 4.69) is 12.2 Å². The molecule has 0 atom stereocenters. The molecule has 2 rings (SSSR count). The van der Waals surface area contributed by atoms with E-state index in [0.29, 0.717) is 13.0 Å². The van der Waals surface area contributed by atoms with Gasteiger partial charge in [0.1, 0.15) is 5.75 Å². The van der Waals surface area contributed by atoms with Crippen molar-refractivity contribution in [2.24, 2.45) is 0 Å². The Morgan fingerprint density at radius 3 is 2.80 bits per heavy atom. The Bertz CT molecular complexity index is 501. The third kappa shape index (κ3) is 4.44. The summed E-state index contributed by atoms with van der Waals surface area (Å²) in [7, 11) is 0. The Kier molecular flexibility index (Phi) is 4.88. The summed E-state index contributed by atoms with van der Waals surface area (Å²) < 4.78 is 42.9. The minimum Gasteiger partial charge on any atom is -0.493 e. The molecule has 108 valence electrons. The lowest BCUT2D eigenvalue weighted by Gasteiger charge is -2.09. The third-order valence-electron chi connectivity index (χ3n) is 3.12. The minimum absolute atomic E-state index is 0.258. The average Bonchev–Trinajstić information content (AvgIpc) is 2.91. The molecule has 4 heteroatoms. The van der Waals surface area contributed by atoms with Gasteiger partial charge < -0.3 is 4.74 Å². The lowest BCUT2D eigenvalue weighted by molar-refractivity contribution is -0.137. The molecule has 0 aliphatic heterocycles. The normalized spacial score (nSPS) is 15.7. The molecule has 0 unspecified atom stereocenters. The number of hydrogen-bond donors (Lipinski definition) is 0. The second-order valence-electron chi connectivity index (χ2n) is 4.74. The Morgan fingerprint density at radius 2 is 2.10 bits per heavy atom. The molecule has 1 aliphatic rings. The van der Waals surface area contributed by atoms with Crippen molar-refractivity contribution in [2.45, 2.75) is 31.9 Å². The van der Waals surface area contributed by atoms with Crippen molar-refractivity contribution in [1.82, 2.24) is 0 Å². The summed E-state index contributed by atoms with van der Waals surface area (Å²) in [5, 5.41) is 0. The molecule has 0 amide bonds. The van der Waals surface area contributed by atoms with E-state index in [1.165, 1.54) is 18.1 Å². The first kappa shape index (κ1) is 14.7. The summed E-state index contributed by atoms with van der Waals surface area (Å²) in [5.41, 5.74) is 0.658. The van der Waals surface area contributed by atoms with Crippen LogP contribution in [0.1, 0.15) is 31.2 Å². The van der Waals surface area contributed by atoms with Gasteiger partial charge in [0.25, 0.3) is 0 Å². The first-order valence-corrected chi connectivity index (χ1v) is 6.71. The van der Waals surface area contributed by atoms with Gasteiger partial charge in [-0.2, -0.15) is 13.2 Å². The number of rotatable bonds is 5. The molecule has 0 spiro atoms. The van der Waals surface area contributed by atoms with E-state index in [4.69, 9.17) is 4.74 Å². The van der Waals surface area contributed by atoms with E-state index in [1.807, 2.05) is 6.08 Å². The van der Waals surface area contributed by atoms with E-state index in [1.54, 1.807) is 6.07 Å². The average molecular weight is 282 g/mol. The monoisotopic (exact) mass is 282 g/mol. The van der Waals surface area contributed by atoms with E-state index in [-0.39, 0.29) is 5.75 Å². The summed E-state index contributed by atoms with van der Waals surface area (Å²) in [6, 6.07) is 4.97. The van der Waals surface area contributed by atoms with Crippen LogP contribution in [0.2, 0.25) is 0 Å². The zero-order valence-electron chi connectivity index (χ0n) is 11.1. The molecule has 1 aliphatic carbocycles. The fourth-order valence-corrected chi connectivity index (χ4v) is 2.09. The first-order chi connectivity index (χ1) is 9.55. The molecule has 0 aromatic heterocycles. The van der Waals surface area contributed by atoms with Crippen molar-refractivity contribution in [1.29, 1.82) is 0 Å². The number of halogens is 3. The zero-order chi connectivity index (χ0) is 14.4. The lowest BCUT2D eigenvalue weighted by atomic mass is 10.2. The predicted molar refractivity (Wildman–Crippen MR) is 72.6 cm³/mol. The van der Waals surface area contributed by atoms with Crippen molar-refractivity contribution in [3.05, 3.63) is 53.6 Å². The summed E-state index contributed by atoms with van der Waals surface area (Å²) in [5.74, 6) is 0.258. The highest BCUT2D eigenvalue weighted by Gasteiger charge is 2.30. The lowest BCUT2D eigenvalue weighted by Crippen LogP contribution is -2.05. The molecular weight excluding hydrogens is 265 g/mol. The first-order valence-electron chi connectivity index (χ1n) is 6.71. The summed E-state index contributed by atoms with van der Waals surface area (Å²) >= 11 is 0. The van der Waals surface area contributed by atoms with Gasteiger partial charge in [-0.1, -0.05) is 29.9 Å². The molecule has 0 saturated carbocycles. The zero-order valence-corrected chi connectivity index (χ0v) is 11.1. The van der Waals surface area contributed by atoms with Gasteiger partial charge in [0.05, 0.1) is 12.2 Å². The van der Waals surface area contributed by atoms with Gasteiger partial charge in [-0.25, -0.2) is 0 Å². The summed E-state index contributed by atoms with van der Waals surface area (Å²) in [6.07, 6.45) is 6.12. The number of hydrogen-bond acceptors (Lipinski definition) is 1. The van der Waals surface area contributed by atoms with Crippen LogP contribution in [0.15, 0.2) is 48.1 Å². The van der Waals surface area contributed by atoms with Gasteiger partial charge in [0.2, 0.25) is 0 Å². The minimum atomic E-state index is -4.33. The van der Waals surface area contributed by atoms with Gasteiger partial charge in [-0.3, -0.25) is 0 Å². The largest absolute Gasteiger partial charge is 0.493 e. The van der Waals surface area contributed by atoms with Crippen molar-refractivity contribution < 1.29 is 17.9 Å². The summed E-state index contributed by atoms with van der Waals surface area (Å²) in [6.45, 7) is 0.380. The van der Waals surface area contributed by atoms with Crippen LogP contribution in [0.25, 0.3) is 0 Å². The van der Waals surface area contributed by atoms with Crippen LogP contribution < -0.4 is 4.74 Å². The fraction of sp³-hybridized carbons (Fsp3) is 0.375. The number of ether oxygens (including phenoxy) is 1. The van der Waals surface area contributed by atoms with Gasteiger partial charge in [0.15, 0.2) is 0 Å². The Balaban J connectivity index is 1.79. The van der Waals surface area contributed by atoms with Crippen molar-refractivity contribution in [3.63, 3.8) is 0 Å². The van der Waals surface area contributed by atoms with Crippen molar-refractivity contribution >= 4 is 0 Å². The van der Waals surface area contributed by atoms with E-state index < -0.39 is 11.7 Å². The van der Waals surface area contributed by atoms with Crippen LogP contribution in [0, 0.1) is 0 Å². The molecule has 1 nitrogen and oxygen atoms in total. The smallest absolute Gasteiger partial charge is 0.416 e. The molecule has 0 radical (unpaired) electrons. The fourth-order valence-electron chi connectivity index (χ4n) is 2.09. The van der Waals surface area contributed by atoms with Crippen molar-refractivity contribution in [3.8, 4) is 5.75 Å². The van der Waals surface area contributed by atoms with E-state index in [0.717, 1.165) is 25.0 Å². The predicted octanol–water partition coefficient (Wildman–Crippen LogP) is 5.14. The maximum Gasteiger partial charge on any atom is 0.416 e. The van der Waals surface area contributed by atoms with Crippen LogP contribution in [-0.2, 0) is 6.18 Å². The van der Waals surface area contributed by atoms with Gasteiger partial charge in [-0.05, 0) is 43.9 Å². The topological polar surface area (TPSA) is 9.23 Å². The molecule has 0 fully saturated rings. The molecular formula is C16H17F3O. The standard InChI is InChI=1S/C16H17F3O/c17-16(18,19)14-9-5-10-15(12-14)20-11-4-3-8-13-6-1-2-7-13/h3,5-6,8-10,12H,1-2,4,7,11H2/b8-3+. The Hall–Kier alpha value is -1.71. The second-order valence-corrected chi connectivity index (χ2v) is 4.74. The van der Waals surface area contributed by atoms with Gasteiger partial charge in [-0.15, -0.1) is 0 Å². The molecule has 0 saturated heterocycles. The SMILES string of the molecule is FC(F)(F)c1cccc(OCC/C=C/C2=CCCC2)c1. The van der Waals surface area contributed by atoms with Crippen molar-refractivity contribution in [2.75, 3.05) is 6.61 Å². The van der Waals surface area contributed by atoms with Gasteiger partial charge in [0, 0.05) is 0 Å². The highest BCUT2D eigenvalue weighted by Crippen LogP contribution is 2.31. The third-order valence-corrected chi connectivity index (χ3v) is 3.12. The molecule has 0 N–H and O–H groups in total. The van der Waals surface area contributed by atoms with Crippen LogP contribution in [0.4, 0.5) is 13.2 Å². The van der Waals surface area contributed by atoms with E-state index in [9.17, 15) is 13.2 Å². The van der Waals surface area contributed by atoms with Crippen LogP contribution >= 0.6 is 0 Å². The van der Waals surface area contributed by atoms with E-state index >= 15 is 0 Å². The van der Waals surface area contributed by atoms with Crippen LogP contribution in [0.3, 0.4) is 0 Å². The van der Waals surface area contributed by atoms with Crippen LogP contribution in [0.5, 0.6) is 5.75 Å². The van der Waals surface area contributed by atoms with Crippen LogP contribution in [-0.4, -0.2) is 6.61 Å². The Labute approximate surface area is 116 Å². The molecule has 1 aromatic rings. The second kappa shape index (κ2) is 6.64. The molecule has 1 aromatic carbocycles. The number of allylic oxidation sites excluding steroid dienone is 3. The Morgan fingerprint density at radius 1 is 1.25 bits per heavy atom. The molecule has 20 heavy (non-hydrogen) atoms. The maximum atomic E-state index is 12.5. The highest BCUT2D eigenvalue weighted by molar-refractivity contribution is 5.30. The molecule has 0 heterocycles. The number of benzene rings is 1. The molecule has 0 bridgehead atoms. The quantitative estimate of drug-likeness (QED) is 0.679.